The van der Waals surface area contributed by atoms with Crippen LogP contribution < -0.4 is 15.5 Å². The van der Waals surface area contributed by atoms with E-state index < -0.39 is 23.6 Å². The Morgan fingerprint density at radius 3 is 2.43 bits per heavy atom. The average Bonchev–Trinajstić information content (AvgIpc) is 3.43. The molecule has 0 radical (unpaired) electrons. The molecule has 8 rings (SSSR count). The summed E-state index contributed by atoms with van der Waals surface area (Å²) in [6, 6.07) is -1.13. The van der Waals surface area contributed by atoms with Gasteiger partial charge in [-0.1, -0.05) is 0 Å². The number of aliphatic carboxylic acids is 1. The zero-order valence-corrected chi connectivity index (χ0v) is 25.2. The first-order chi connectivity index (χ1) is 21.3. The standard InChI is InChI=1S/C30H41N9O5/c1-44-29(43)39(30-12-18-9-19(13-30)11-20(10-18)14-30)22(27(41)42)15-38-17-35-23-24(33-16-34-25(23)38)37-7-3-21(4-8-37)26(40)36-28-31-5-2-6-32-28/h16-22H,2-15H2,1H3,(H,41,42)(H2,31,32,36,40)/t18?,19?,20?,22-,30?/m0/s1. The van der Waals surface area contributed by atoms with E-state index in [1.165, 1.54) is 32.7 Å². The van der Waals surface area contributed by atoms with Gasteiger partial charge < -0.3 is 24.6 Å². The molecule has 3 N–H and O–H groups in total. The number of anilines is 1. The third kappa shape index (κ3) is 5.21. The van der Waals surface area contributed by atoms with Crippen molar-refractivity contribution in [2.45, 2.75) is 75.9 Å². The highest BCUT2D eigenvalue weighted by atomic mass is 16.5. The number of amides is 2. The number of hydrogen-bond donors (Lipinski definition) is 3. The molecule has 4 heterocycles. The molecule has 44 heavy (non-hydrogen) atoms. The molecule has 4 saturated carbocycles. The van der Waals surface area contributed by atoms with Gasteiger partial charge in [0.15, 0.2) is 29.0 Å². The summed E-state index contributed by atoms with van der Waals surface area (Å²) in [5.41, 5.74) is 0.579. The maximum atomic E-state index is 13.4. The van der Waals surface area contributed by atoms with Crippen LogP contribution >= 0.6 is 0 Å². The summed E-state index contributed by atoms with van der Waals surface area (Å²) in [5.74, 6) is 1.57. The molecule has 14 nitrogen and oxygen atoms in total. The Hall–Kier alpha value is -3.97. The molecule has 1 saturated heterocycles. The maximum Gasteiger partial charge on any atom is 0.410 e. The second kappa shape index (κ2) is 11.5. The Labute approximate surface area is 255 Å². The van der Waals surface area contributed by atoms with Gasteiger partial charge in [-0.15, -0.1) is 0 Å². The highest BCUT2D eigenvalue weighted by molar-refractivity contribution is 5.98. The lowest BCUT2D eigenvalue weighted by Crippen LogP contribution is -2.66. The Kier molecular flexibility index (Phi) is 7.53. The van der Waals surface area contributed by atoms with E-state index in [4.69, 9.17) is 4.74 Å². The van der Waals surface area contributed by atoms with Gasteiger partial charge in [0.2, 0.25) is 5.91 Å². The number of hydrogen-bond acceptors (Lipinski definition) is 10. The summed E-state index contributed by atoms with van der Waals surface area (Å²) in [5, 5.41) is 16.6. The zero-order chi connectivity index (χ0) is 30.4. The van der Waals surface area contributed by atoms with Crippen molar-refractivity contribution in [3.63, 3.8) is 0 Å². The van der Waals surface area contributed by atoms with Gasteiger partial charge in [-0.2, -0.15) is 0 Å². The van der Waals surface area contributed by atoms with Gasteiger partial charge in [-0.05, 0) is 75.5 Å². The number of fused-ring (bicyclic) bond motifs is 1. The minimum absolute atomic E-state index is 0.000690. The summed E-state index contributed by atoms with van der Waals surface area (Å²) < 4.78 is 6.95. The van der Waals surface area contributed by atoms with Crippen LogP contribution in [-0.4, -0.2) is 98.3 Å². The third-order valence-electron chi connectivity index (χ3n) is 10.5. The Balaban J connectivity index is 1.09. The average molecular weight is 608 g/mol. The minimum atomic E-state index is -1.13. The number of guanidine groups is 1. The monoisotopic (exact) mass is 607 g/mol. The topological polar surface area (TPSA) is 167 Å². The van der Waals surface area contributed by atoms with Crippen LogP contribution in [-0.2, 0) is 20.9 Å². The number of rotatable bonds is 7. The van der Waals surface area contributed by atoms with Crippen molar-refractivity contribution in [2.24, 2.45) is 28.7 Å². The van der Waals surface area contributed by atoms with Crippen molar-refractivity contribution in [1.29, 1.82) is 0 Å². The van der Waals surface area contributed by atoms with Gasteiger partial charge in [-0.25, -0.2) is 24.5 Å². The van der Waals surface area contributed by atoms with E-state index in [9.17, 15) is 19.5 Å². The first-order valence-corrected chi connectivity index (χ1v) is 15.9. The summed E-state index contributed by atoms with van der Waals surface area (Å²) >= 11 is 0. The number of carboxylic acids is 1. The molecule has 2 aliphatic heterocycles. The number of nitrogens with one attached hydrogen (secondary N) is 2. The van der Waals surface area contributed by atoms with Crippen LogP contribution in [0.3, 0.4) is 0 Å². The number of aromatic nitrogens is 4. The quantitative estimate of drug-likeness (QED) is 0.424. The Morgan fingerprint density at radius 1 is 1.11 bits per heavy atom. The van der Waals surface area contributed by atoms with Crippen LogP contribution in [0, 0.1) is 23.7 Å². The van der Waals surface area contributed by atoms with E-state index in [0.717, 1.165) is 32.2 Å². The molecular weight excluding hydrogens is 566 g/mol. The zero-order valence-electron chi connectivity index (χ0n) is 25.2. The van der Waals surface area contributed by atoms with Crippen LogP contribution in [0.5, 0.6) is 0 Å². The number of carboxylic acid groups (broad SMARTS) is 1. The molecule has 2 aromatic heterocycles. The summed E-state index contributed by atoms with van der Waals surface area (Å²) in [4.78, 5) is 60.7. The molecule has 2 aromatic rings. The largest absolute Gasteiger partial charge is 0.480 e. The van der Waals surface area contributed by atoms with Crippen molar-refractivity contribution >= 4 is 40.9 Å². The molecule has 236 valence electrons. The molecular formula is C30H41N9O5. The lowest BCUT2D eigenvalue weighted by molar-refractivity contribution is -0.152. The van der Waals surface area contributed by atoms with Gasteiger partial charge >= 0.3 is 12.1 Å². The van der Waals surface area contributed by atoms with Crippen molar-refractivity contribution in [1.82, 2.24) is 35.1 Å². The molecule has 0 aromatic carbocycles. The van der Waals surface area contributed by atoms with E-state index in [2.05, 4.69) is 35.5 Å². The van der Waals surface area contributed by atoms with Crippen molar-refractivity contribution < 1.29 is 24.2 Å². The lowest BCUT2D eigenvalue weighted by Gasteiger charge is -2.60. The van der Waals surface area contributed by atoms with E-state index in [-0.39, 0.29) is 18.4 Å². The lowest BCUT2D eigenvalue weighted by atomic mass is 9.52. The smallest absolute Gasteiger partial charge is 0.410 e. The van der Waals surface area contributed by atoms with Crippen molar-refractivity contribution in [2.75, 3.05) is 38.2 Å². The minimum Gasteiger partial charge on any atom is -0.480 e. The number of piperidine rings is 1. The second-order valence-corrected chi connectivity index (χ2v) is 13.4. The molecule has 4 bridgehead atoms. The number of ether oxygens (including phenoxy) is 1. The first kappa shape index (κ1) is 28.8. The first-order valence-electron chi connectivity index (χ1n) is 15.9. The van der Waals surface area contributed by atoms with E-state index in [1.807, 2.05) is 0 Å². The van der Waals surface area contributed by atoms with Gasteiger partial charge in [0.05, 0.1) is 20.0 Å². The van der Waals surface area contributed by atoms with Gasteiger partial charge in [-0.3, -0.25) is 20.0 Å². The van der Waals surface area contributed by atoms with Crippen LogP contribution in [0.2, 0.25) is 0 Å². The van der Waals surface area contributed by atoms with Crippen LogP contribution in [0.25, 0.3) is 11.2 Å². The van der Waals surface area contributed by atoms with Crippen molar-refractivity contribution in [3.8, 4) is 0 Å². The molecule has 14 heteroatoms. The Bertz CT molecular complexity index is 1430. The summed E-state index contributed by atoms with van der Waals surface area (Å²) in [6.45, 7) is 2.77. The highest BCUT2D eigenvalue weighted by Crippen LogP contribution is 2.58. The Morgan fingerprint density at radius 2 is 1.82 bits per heavy atom. The van der Waals surface area contributed by atoms with E-state index in [1.54, 1.807) is 15.8 Å². The molecule has 1 atom stereocenters. The molecule has 0 unspecified atom stereocenters. The summed E-state index contributed by atoms with van der Waals surface area (Å²) in [6.07, 6.45) is 10.7. The van der Waals surface area contributed by atoms with Crippen molar-refractivity contribution in [3.05, 3.63) is 12.7 Å². The fourth-order valence-corrected chi connectivity index (χ4v) is 8.99. The number of nitrogens with zero attached hydrogens (tertiary/aromatic N) is 7. The van der Waals surface area contributed by atoms with Gasteiger partial charge in [0.25, 0.3) is 0 Å². The van der Waals surface area contributed by atoms with Crippen LogP contribution in [0.15, 0.2) is 17.6 Å². The number of methoxy groups -OCH3 is 1. The van der Waals surface area contributed by atoms with E-state index in [0.29, 0.717) is 73.2 Å². The number of imidazole rings is 1. The molecule has 0 spiro atoms. The molecule has 6 aliphatic rings. The normalized spacial score (nSPS) is 28.7. The third-order valence-corrected chi connectivity index (χ3v) is 10.5. The van der Waals surface area contributed by atoms with Crippen LogP contribution in [0.4, 0.5) is 10.6 Å². The number of carbonyl (C=O) groups is 3. The van der Waals surface area contributed by atoms with Crippen LogP contribution in [0.1, 0.15) is 57.8 Å². The molecule has 5 fully saturated rings. The number of carbonyl (C=O) groups excluding carboxylic acids is 2. The highest BCUT2D eigenvalue weighted by Gasteiger charge is 2.57. The fraction of sp³-hybridized carbons (Fsp3) is 0.700. The molecule has 4 aliphatic carbocycles. The maximum absolute atomic E-state index is 13.4. The summed E-state index contributed by atoms with van der Waals surface area (Å²) in [7, 11) is 1.33. The van der Waals surface area contributed by atoms with E-state index >= 15 is 0 Å². The molecule has 2 amide bonds. The SMILES string of the molecule is COC(=O)N([C@@H](Cn1cnc2c(N3CCC(C(=O)NC4=NCCCN4)CC3)ncnc21)C(=O)O)C12CC3CC(CC(C3)C1)C2. The predicted molar refractivity (Wildman–Crippen MR) is 160 cm³/mol. The second-order valence-electron chi connectivity index (χ2n) is 13.4. The fourth-order valence-electron chi connectivity index (χ4n) is 8.99. The van der Waals surface area contributed by atoms with Gasteiger partial charge in [0, 0.05) is 37.6 Å². The van der Waals surface area contributed by atoms with Gasteiger partial charge in [0.1, 0.15) is 6.33 Å². The number of aliphatic imine (C=N–C) groups is 1. The predicted octanol–water partition coefficient (Wildman–Crippen LogP) is 2.00.